The number of aryl methyl sites for hydroxylation is 1. The molecule has 3 nitrogen and oxygen atoms in total. The van der Waals surface area contributed by atoms with Crippen molar-refractivity contribution in [3.63, 3.8) is 0 Å². The van der Waals surface area contributed by atoms with Gasteiger partial charge in [0.2, 0.25) is 5.91 Å². The molecule has 1 rings (SSSR count). The van der Waals surface area contributed by atoms with E-state index in [1.165, 1.54) is 0 Å². The van der Waals surface area contributed by atoms with E-state index >= 15 is 0 Å². The van der Waals surface area contributed by atoms with Crippen LogP contribution in [-0.2, 0) is 18.4 Å². The van der Waals surface area contributed by atoms with Crippen molar-refractivity contribution in [2.75, 3.05) is 6.54 Å². The lowest BCUT2D eigenvalue weighted by Crippen LogP contribution is -2.32. The Labute approximate surface area is 129 Å². The fourth-order valence-electron chi connectivity index (χ4n) is 2.81. The molecule has 1 atom stereocenters. The van der Waals surface area contributed by atoms with Crippen molar-refractivity contribution in [1.82, 2.24) is 9.47 Å². The SMILES string of the molecule is C=CCN(Cc1cccn1C)C(=O)CC(C)CC(C)(C)C. The molecule has 0 aromatic carbocycles. The summed E-state index contributed by atoms with van der Waals surface area (Å²) in [5, 5.41) is 0. The normalized spacial score (nSPS) is 13.0. The standard InChI is InChI=1S/C18H30N2O/c1-7-10-20(14-16-9-8-11-19(16)6)17(21)12-15(2)13-18(3,4)5/h7-9,11,15H,1,10,12-14H2,2-6H3. The highest BCUT2D eigenvalue weighted by Gasteiger charge is 2.21. The molecule has 0 bridgehead atoms. The number of aromatic nitrogens is 1. The Morgan fingerprint density at radius 1 is 1.48 bits per heavy atom. The molecule has 1 aromatic heterocycles. The lowest BCUT2D eigenvalue weighted by molar-refractivity contribution is -0.132. The van der Waals surface area contributed by atoms with E-state index in [0.29, 0.717) is 25.4 Å². The number of nitrogens with zero attached hydrogens (tertiary/aromatic N) is 2. The van der Waals surface area contributed by atoms with E-state index in [9.17, 15) is 4.79 Å². The van der Waals surface area contributed by atoms with Crippen LogP contribution in [0.5, 0.6) is 0 Å². The van der Waals surface area contributed by atoms with Gasteiger partial charge in [-0.1, -0.05) is 33.8 Å². The Morgan fingerprint density at radius 2 is 2.14 bits per heavy atom. The lowest BCUT2D eigenvalue weighted by Gasteiger charge is -2.26. The van der Waals surface area contributed by atoms with Gasteiger partial charge in [-0.2, -0.15) is 0 Å². The van der Waals surface area contributed by atoms with Gasteiger partial charge in [-0.25, -0.2) is 0 Å². The maximum Gasteiger partial charge on any atom is 0.223 e. The minimum Gasteiger partial charge on any atom is -0.353 e. The molecular weight excluding hydrogens is 260 g/mol. The Morgan fingerprint density at radius 3 is 2.62 bits per heavy atom. The van der Waals surface area contributed by atoms with Crippen molar-refractivity contribution in [3.05, 3.63) is 36.7 Å². The zero-order valence-corrected chi connectivity index (χ0v) is 14.2. The fraction of sp³-hybridized carbons (Fsp3) is 0.611. The summed E-state index contributed by atoms with van der Waals surface area (Å²) in [5.74, 6) is 0.617. The first-order valence-electron chi connectivity index (χ1n) is 7.72. The number of rotatable bonds is 7. The molecule has 0 fully saturated rings. The van der Waals surface area contributed by atoms with Gasteiger partial charge in [-0.15, -0.1) is 6.58 Å². The third-order valence-corrected chi connectivity index (χ3v) is 3.59. The second kappa shape index (κ2) is 7.48. The predicted octanol–water partition coefficient (Wildman–Crippen LogP) is 4.00. The van der Waals surface area contributed by atoms with Crippen LogP contribution < -0.4 is 0 Å². The largest absolute Gasteiger partial charge is 0.353 e. The van der Waals surface area contributed by atoms with Crippen molar-refractivity contribution in [2.45, 2.75) is 47.1 Å². The van der Waals surface area contributed by atoms with Gasteiger partial charge >= 0.3 is 0 Å². The third kappa shape index (κ3) is 6.19. The van der Waals surface area contributed by atoms with Gasteiger partial charge in [0.15, 0.2) is 0 Å². The van der Waals surface area contributed by atoms with Gasteiger partial charge in [-0.05, 0) is 29.9 Å². The van der Waals surface area contributed by atoms with E-state index in [-0.39, 0.29) is 11.3 Å². The highest BCUT2D eigenvalue weighted by molar-refractivity contribution is 5.76. The van der Waals surface area contributed by atoms with Gasteiger partial charge in [-0.3, -0.25) is 4.79 Å². The van der Waals surface area contributed by atoms with Gasteiger partial charge in [0.25, 0.3) is 0 Å². The molecule has 0 aliphatic heterocycles. The van der Waals surface area contributed by atoms with Gasteiger partial charge in [0, 0.05) is 31.9 Å². The van der Waals surface area contributed by atoms with E-state index in [1.54, 1.807) is 6.08 Å². The molecule has 0 aliphatic rings. The number of hydrogen-bond acceptors (Lipinski definition) is 1. The summed E-state index contributed by atoms with van der Waals surface area (Å²) in [6.07, 6.45) is 5.48. The highest BCUT2D eigenvalue weighted by Crippen LogP contribution is 2.26. The molecule has 1 unspecified atom stereocenters. The number of carbonyl (C=O) groups excluding carboxylic acids is 1. The number of amides is 1. The average Bonchev–Trinajstić information content (AvgIpc) is 2.71. The summed E-state index contributed by atoms with van der Waals surface area (Å²) in [6.45, 7) is 13.9. The quantitative estimate of drug-likeness (QED) is 0.697. The molecule has 1 heterocycles. The monoisotopic (exact) mass is 290 g/mol. The van der Waals surface area contributed by atoms with Crippen LogP contribution in [0.2, 0.25) is 0 Å². The van der Waals surface area contributed by atoms with E-state index < -0.39 is 0 Å². The second-order valence-electron chi connectivity index (χ2n) is 7.25. The van der Waals surface area contributed by atoms with Crippen LogP contribution in [0.25, 0.3) is 0 Å². The maximum atomic E-state index is 12.5. The molecule has 0 saturated carbocycles. The fourth-order valence-corrected chi connectivity index (χ4v) is 2.81. The molecule has 0 spiro atoms. The first-order valence-corrected chi connectivity index (χ1v) is 7.72. The Bertz CT molecular complexity index is 468. The minimum atomic E-state index is 0.216. The van der Waals surface area contributed by atoms with Gasteiger partial charge in [0.1, 0.15) is 0 Å². The first kappa shape index (κ1) is 17.5. The predicted molar refractivity (Wildman–Crippen MR) is 88.9 cm³/mol. The molecule has 0 radical (unpaired) electrons. The first-order chi connectivity index (χ1) is 9.73. The smallest absolute Gasteiger partial charge is 0.223 e. The number of carbonyl (C=O) groups is 1. The molecular formula is C18H30N2O. The summed E-state index contributed by atoms with van der Waals surface area (Å²) >= 11 is 0. The zero-order chi connectivity index (χ0) is 16.0. The van der Waals surface area contributed by atoms with Crippen LogP contribution >= 0.6 is 0 Å². The molecule has 0 N–H and O–H groups in total. The molecule has 1 amide bonds. The second-order valence-corrected chi connectivity index (χ2v) is 7.25. The van der Waals surface area contributed by atoms with Crippen molar-refractivity contribution in [2.24, 2.45) is 18.4 Å². The van der Waals surface area contributed by atoms with Crippen molar-refractivity contribution < 1.29 is 4.79 Å². The molecule has 21 heavy (non-hydrogen) atoms. The average molecular weight is 290 g/mol. The number of hydrogen-bond donors (Lipinski definition) is 0. The summed E-state index contributed by atoms with van der Waals surface area (Å²) in [5.41, 5.74) is 1.41. The van der Waals surface area contributed by atoms with E-state index in [2.05, 4.69) is 44.9 Å². The highest BCUT2D eigenvalue weighted by atomic mass is 16.2. The van der Waals surface area contributed by atoms with Crippen LogP contribution in [0.15, 0.2) is 31.0 Å². The summed E-state index contributed by atoms with van der Waals surface area (Å²) < 4.78 is 2.06. The Hall–Kier alpha value is -1.51. The summed E-state index contributed by atoms with van der Waals surface area (Å²) in [6, 6.07) is 4.07. The summed E-state index contributed by atoms with van der Waals surface area (Å²) in [7, 11) is 2.01. The Balaban J connectivity index is 2.65. The van der Waals surface area contributed by atoms with Crippen LogP contribution in [0.4, 0.5) is 0 Å². The molecule has 0 aliphatic carbocycles. The van der Waals surface area contributed by atoms with Crippen LogP contribution in [0.3, 0.4) is 0 Å². The van der Waals surface area contributed by atoms with Crippen LogP contribution in [-0.4, -0.2) is 21.9 Å². The van der Waals surface area contributed by atoms with E-state index in [0.717, 1.165) is 12.1 Å². The topological polar surface area (TPSA) is 25.2 Å². The summed E-state index contributed by atoms with van der Waals surface area (Å²) in [4.78, 5) is 14.4. The Kier molecular flexibility index (Phi) is 6.25. The lowest BCUT2D eigenvalue weighted by atomic mass is 9.84. The van der Waals surface area contributed by atoms with Crippen LogP contribution in [0, 0.1) is 11.3 Å². The molecule has 3 heteroatoms. The zero-order valence-electron chi connectivity index (χ0n) is 14.2. The minimum absolute atomic E-state index is 0.216. The van der Waals surface area contributed by atoms with Crippen molar-refractivity contribution in [1.29, 1.82) is 0 Å². The van der Waals surface area contributed by atoms with E-state index in [4.69, 9.17) is 0 Å². The maximum absolute atomic E-state index is 12.5. The third-order valence-electron chi connectivity index (χ3n) is 3.59. The van der Waals surface area contributed by atoms with Crippen LogP contribution in [0.1, 0.15) is 46.2 Å². The van der Waals surface area contributed by atoms with Crippen molar-refractivity contribution >= 4 is 5.91 Å². The van der Waals surface area contributed by atoms with Crippen molar-refractivity contribution in [3.8, 4) is 0 Å². The molecule has 1 aromatic rings. The van der Waals surface area contributed by atoms with Gasteiger partial charge in [0.05, 0.1) is 6.54 Å². The molecule has 0 saturated heterocycles. The van der Waals surface area contributed by atoms with E-state index in [1.807, 2.05) is 24.2 Å². The molecule has 118 valence electrons. The van der Waals surface area contributed by atoms with Gasteiger partial charge < -0.3 is 9.47 Å².